The van der Waals surface area contributed by atoms with Crippen LogP contribution in [0.4, 0.5) is 5.00 Å². The number of rotatable bonds is 4. The molecule has 0 spiro atoms. The van der Waals surface area contributed by atoms with Crippen molar-refractivity contribution in [2.24, 2.45) is 0 Å². The Hall–Kier alpha value is -2.65. The van der Waals surface area contributed by atoms with Gasteiger partial charge in [-0.1, -0.05) is 17.7 Å². The number of amides is 1. The highest BCUT2D eigenvalue weighted by molar-refractivity contribution is 7.14. The minimum Gasteiger partial charge on any atom is -0.452 e. The number of benzene rings is 1. The molecule has 0 unspecified atom stereocenters. The molecule has 0 aliphatic rings. The molecule has 1 N–H and O–H groups in total. The van der Waals surface area contributed by atoms with Gasteiger partial charge in [0.15, 0.2) is 6.61 Å². The molecule has 0 saturated carbocycles. The third-order valence-corrected chi connectivity index (χ3v) is 4.08. The summed E-state index contributed by atoms with van der Waals surface area (Å²) in [6.07, 6.45) is 0. The van der Waals surface area contributed by atoms with Crippen molar-refractivity contribution in [1.82, 2.24) is 0 Å². The fraction of sp³-hybridized carbons (Fsp3) is 0.235. The molecular weight excluding hydrogens is 312 g/mol. The second kappa shape index (κ2) is 7.07. The van der Waals surface area contributed by atoms with Gasteiger partial charge in [-0.3, -0.25) is 4.79 Å². The molecule has 1 amide bonds. The Balaban J connectivity index is 2.00. The maximum atomic E-state index is 12.2. The lowest BCUT2D eigenvalue weighted by Crippen LogP contribution is -2.21. The molecule has 0 aliphatic heterocycles. The molecule has 23 heavy (non-hydrogen) atoms. The summed E-state index contributed by atoms with van der Waals surface area (Å²) in [6.45, 7) is 5.23. The molecule has 2 rings (SSSR count). The van der Waals surface area contributed by atoms with Crippen molar-refractivity contribution in [2.45, 2.75) is 20.8 Å². The summed E-state index contributed by atoms with van der Waals surface area (Å²) in [5, 5.41) is 13.6. The first-order chi connectivity index (χ1) is 10.9. The number of carbonyl (C=O) groups excluding carboxylic acids is 2. The zero-order valence-corrected chi connectivity index (χ0v) is 13.9. The summed E-state index contributed by atoms with van der Waals surface area (Å²) in [5.41, 5.74) is 3.57. The molecule has 2 aromatic rings. The Bertz CT molecular complexity index is 779. The first-order valence-corrected chi connectivity index (χ1v) is 7.82. The van der Waals surface area contributed by atoms with Gasteiger partial charge < -0.3 is 10.1 Å². The molecule has 6 heteroatoms. The average Bonchev–Trinajstić information content (AvgIpc) is 2.91. The molecule has 1 aromatic carbocycles. The summed E-state index contributed by atoms with van der Waals surface area (Å²) in [5.74, 6) is -0.999. The van der Waals surface area contributed by atoms with E-state index in [1.807, 2.05) is 39.0 Å². The van der Waals surface area contributed by atoms with E-state index in [9.17, 15) is 9.59 Å². The van der Waals surface area contributed by atoms with Crippen LogP contribution in [-0.2, 0) is 9.53 Å². The molecule has 0 radical (unpaired) electrons. The van der Waals surface area contributed by atoms with E-state index in [0.717, 1.165) is 16.7 Å². The van der Waals surface area contributed by atoms with Crippen LogP contribution in [0.15, 0.2) is 23.6 Å². The van der Waals surface area contributed by atoms with Crippen LogP contribution in [0.2, 0.25) is 0 Å². The number of nitrogens with zero attached hydrogens (tertiary/aromatic N) is 1. The SMILES string of the molecule is Cc1cc(C)c(C(=O)OCC(=O)Nc2sccc2C#N)c(C)c1. The highest BCUT2D eigenvalue weighted by atomic mass is 32.1. The number of carbonyl (C=O) groups is 2. The Labute approximate surface area is 138 Å². The molecule has 118 valence electrons. The van der Waals surface area contributed by atoms with E-state index in [0.29, 0.717) is 16.1 Å². The predicted molar refractivity (Wildman–Crippen MR) is 88.6 cm³/mol. The van der Waals surface area contributed by atoms with Gasteiger partial charge in [-0.25, -0.2) is 4.79 Å². The van der Waals surface area contributed by atoms with E-state index in [-0.39, 0.29) is 0 Å². The minimum atomic E-state index is -0.526. The van der Waals surface area contributed by atoms with E-state index in [1.165, 1.54) is 11.3 Å². The smallest absolute Gasteiger partial charge is 0.339 e. The van der Waals surface area contributed by atoms with Crippen LogP contribution in [0.3, 0.4) is 0 Å². The maximum Gasteiger partial charge on any atom is 0.339 e. The monoisotopic (exact) mass is 328 g/mol. The number of hydrogen-bond donors (Lipinski definition) is 1. The molecule has 1 heterocycles. The van der Waals surface area contributed by atoms with Crippen molar-refractivity contribution in [3.05, 3.63) is 51.4 Å². The van der Waals surface area contributed by atoms with Crippen molar-refractivity contribution >= 4 is 28.2 Å². The fourth-order valence-electron chi connectivity index (χ4n) is 2.36. The third kappa shape index (κ3) is 3.96. The van der Waals surface area contributed by atoms with Crippen molar-refractivity contribution in [1.29, 1.82) is 5.26 Å². The Kier molecular flexibility index (Phi) is 5.14. The number of anilines is 1. The zero-order chi connectivity index (χ0) is 17.0. The molecule has 0 bridgehead atoms. The lowest BCUT2D eigenvalue weighted by atomic mass is 10.00. The summed E-state index contributed by atoms with van der Waals surface area (Å²) in [4.78, 5) is 24.0. The second-order valence-corrected chi connectivity index (χ2v) is 6.09. The van der Waals surface area contributed by atoms with Crippen LogP contribution < -0.4 is 5.32 Å². The van der Waals surface area contributed by atoms with Crippen LogP contribution in [0.1, 0.15) is 32.6 Å². The molecule has 5 nitrogen and oxygen atoms in total. The van der Waals surface area contributed by atoms with Gasteiger partial charge in [-0.2, -0.15) is 5.26 Å². The van der Waals surface area contributed by atoms with Gasteiger partial charge >= 0.3 is 5.97 Å². The van der Waals surface area contributed by atoms with E-state index in [2.05, 4.69) is 5.32 Å². The molecule has 1 aromatic heterocycles. The minimum absolute atomic E-state index is 0.389. The molecule has 0 saturated heterocycles. The Morgan fingerprint density at radius 3 is 2.52 bits per heavy atom. The van der Waals surface area contributed by atoms with Crippen LogP contribution in [0.5, 0.6) is 0 Å². The molecule has 0 fully saturated rings. The van der Waals surface area contributed by atoms with E-state index >= 15 is 0 Å². The number of nitriles is 1. The van der Waals surface area contributed by atoms with E-state index in [1.54, 1.807) is 11.4 Å². The van der Waals surface area contributed by atoms with Gasteiger partial charge in [0.25, 0.3) is 5.91 Å². The maximum absolute atomic E-state index is 12.2. The van der Waals surface area contributed by atoms with Gasteiger partial charge in [0.05, 0.1) is 11.1 Å². The summed E-state index contributed by atoms with van der Waals surface area (Å²) in [7, 11) is 0. The van der Waals surface area contributed by atoms with Gasteiger partial charge in [0.2, 0.25) is 0 Å². The van der Waals surface area contributed by atoms with Crippen LogP contribution in [-0.4, -0.2) is 18.5 Å². The third-order valence-electron chi connectivity index (χ3n) is 3.25. The lowest BCUT2D eigenvalue weighted by Gasteiger charge is -2.11. The van der Waals surface area contributed by atoms with Gasteiger partial charge in [-0.15, -0.1) is 11.3 Å². The number of aryl methyl sites for hydroxylation is 3. The second-order valence-electron chi connectivity index (χ2n) is 5.17. The standard InChI is InChI=1S/C17H16N2O3S/c1-10-6-11(2)15(12(3)7-10)17(21)22-9-14(20)19-16-13(8-18)4-5-23-16/h4-7H,9H2,1-3H3,(H,19,20). The summed E-state index contributed by atoms with van der Waals surface area (Å²) < 4.78 is 5.08. The lowest BCUT2D eigenvalue weighted by molar-refractivity contribution is -0.119. The molecule has 0 aliphatic carbocycles. The Morgan fingerprint density at radius 1 is 1.26 bits per heavy atom. The van der Waals surface area contributed by atoms with Gasteiger partial charge in [0.1, 0.15) is 11.1 Å². The topological polar surface area (TPSA) is 79.2 Å². The van der Waals surface area contributed by atoms with Gasteiger partial charge in [0, 0.05) is 0 Å². The predicted octanol–water partition coefficient (Wildman–Crippen LogP) is 3.34. The van der Waals surface area contributed by atoms with E-state index in [4.69, 9.17) is 10.00 Å². The van der Waals surface area contributed by atoms with Crippen molar-refractivity contribution in [2.75, 3.05) is 11.9 Å². The van der Waals surface area contributed by atoms with E-state index < -0.39 is 18.5 Å². The zero-order valence-electron chi connectivity index (χ0n) is 13.1. The largest absolute Gasteiger partial charge is 0.452 e. The van der Waals surface area contributed by atoms with Crippen LogP contribution in [0, 0.1) is 32.1 Å². The van der Waals surface area contributed by atoms with Crippen molar-refractivity contribution < 1.29 is 14.3 Å². The Morgan fingerprint density at radius 2 is 1.91 bits per heavy atom. The van der Waals surface area contributed by atoms with Crippen LogP contribution in [0.25, 0.3) is 0 Å². The van der Waals surface area contributed by atoms with Crippen molar-refractivity contribution in [3.63, 3.8) is 0 Å². The quantitative estimate of drug-likeness (QED) is 0.873. The number of esters is 1. The number of nitrogens with one attached hydrogen (secondary N) is 1. The highest BCUT2D eigenvalue weighted by Gasteiger charge is 2.16. The molecule has 0 atom stereocenters. The summed E-state index contributed by atoms with van der Waals surface area (Å²) >= 11 is 1.24. The van der Waals surface area contributed by atoms with Crippen molar-refractivity contribution in [3.8, 4) is 6.07 Å². The van der Waals surface area contributed by atoms with Crippen LogP contribution >= 0.6 is 11.3 Å². The average molecular weight is 328 g/mol. The first-order valence-electron chi connectivity index (χ1n) is 6.94. The fourth-order valence-corrected chi connectivity index (χ4v) is 3.12. The number of thiophene rings is 1. The number of ether oxygens (including phenoxy) is 1. The van der Waals surface area contributed by atoms with Gasteiger partial charge in [-0.05, 0) is 43.3 Å². The highest BCUT2D eigenvalue weighted by Crippen LogP contribution is 2.22. The number of hydrogen-bond acceptors (Lipinski definition) is 5. The molecular formula is C17H16N2O3S. The first kappa shape index (κ1) is 16.7. The normalized spacial score (nSPS) is 10.0. The summed E-state index contributed by atoms with van der Waals surface area (Å²) in [6, 6.07) is 7.39.